The molecule has 0 aromatic carbocycles. The summed E-state index contributed by atoms with van der Waals surface area (Å²) in [7, 11) is 0. The Labute approximate surface area is 94.4 Å². The standard InChI is InChI=1S/C13H26N2/c1-11(2)8-12-10-15-7-5-3-4-6-13(15)9-14-12/h11-14H,3-10H2,1-2H3/t12-,13?/m1/s1. The predicted molar refractivity (Wildman–Crippen MR) is 65.1 cm³/mol. The Balaban J connectivity index is 1.86. The Morgan fingerprint density at radius 3 is 2.93 bits per heavy atom. The van der Waals surface area contributed by atoms with Crippen LogP contribution in [-0.2, 0) is 0 Å². The quantitative estimate of drug-likeness (QED) is 0.752. The third-order valence-corrected chi connectivity index (χ3v) is 3.85. The molecule has 2 saturated heterocycles. The van der Waals surface area contributed by atoms with Gasteiger partial charge < -0.3 is 5.32 Å². The minimum atomic E-state index is 0.749. The van der Waals surface area contributed by atoms with Gasteiger partial charge in [0.1, 0.15) is 0 Å². The van der Waals surface area contributed by atoms with E-state index in [9.17, 15) is 0 Å². The van der Waals surface area contributed by atoms with Crippen LogP contribution in [0.4, 0.5) is 0 Å². The molecule has 2 nitrogen and oxygen atoms in total. The predicted octanol–water partition coefficient (Wildman–Crippen LogP) is 2.25. The Hall–Kier alpha value is -0.0800. The average Bonchev–Trinajstić information content (AvgIpc) is 2.41. The number of hydrogen-bond donors (Lipinski definition) is 1. The van der Waals surface area contributed by atoms with Crippen molar-refractivity contribution in [2.45, 2.75) is 58.0 Å². The van der Waals surface area contributed by atoms with Crippen LogP contribution in [0.25, 0.3) is 0 Å². The fraction of sp³-hybridized carbons (Fsp3) is 1.00. The topological polar surface area (TPSA) is 15.3 Å². The molecule has 2 heterocycles. The van der Waals surface area contributed by atoms with Gasteiger partial charge in [-0.3, -0.25) is 4.90 Å². The van der Waals surface area contributed by atoms with Crippen LogP contribution < -0.4 is 5.32 Å². The maximum absolute atomic E-state index is 3.74. The van der Waals surface area contributed by atoms with E-state index in [2.05, 4.69) is 24.1 Å². The highest BCUT2D eigenvalue weighted by molar-refractivity contribution is 4.87. The molecule has 0 aliphatic carbocycles. The number of nitrogens with zero attached hydrogens (tertiary/aromatic N) is 1. The van der Waals surface area contributed by atoms with Gasteiger partial charge in [0.25, 0.3) is 0 Å². The van der Waals surface area contributed by atoms with Gasteiger partial charge in [-0.2, -0.15) is 0 Å². The molecular formula is C13H26N2. The van der Waals surface area contributed by atoms with Crippen molar-refractivity contribution < 1.29 is 0 Å². The van der Waals surface area contributed by atoms with E-state index in [1.54, 1.807) is 0 Å². The molecule has 0 bridgehead atoms. The minimum absolute atomic E-state index is 0.749. The van der Waals surface area contributed by atoms with Crippen LogP contribution in [0.5, 0.6) is 0 Å². The van der Waals surface area contributed by atoms with E-state index < -0.39 is 0 Å². The van der Waals surface area contributed by atoms with Gasteiger partial charge in [0.2, 0.25) is 0 Å². The molecule has 0 saturated carbocycles. The molecule has 0 aromatic rings. The minimum Gasteiger partial charge on any atom is -0.311 e. The maximum atomic E-state index is 3.74. The normalized spacial score (nSPS) is 33.8. The monoisotopic (exact) mass is 210 g/mol. The summed E-state index contributed by atoms with van der Waals surface area (Å²) in [6.07, 6.45) is 7.06. The maximum Gasteiger partial charge on any atom is 0.0221 e. The van der Waals surface area contributed by atoms with Crippen molar-refractivity contribution in [3.8, 4) is 0 Å². The second kappa shape index (κ2) is 5.31. The van der Waals surface area contributed by atoms with Crippen LogP contribution in [0.1, 0.15) is 46.0 Å². The van der Waals surface area contributed by atoms with Gasteiger partial charge in [-0.15, -0.1) is 0 Å². The summed E-state index contributed by atoms with van der Waals surface area (Å²) in [6.45, 7) is 8.54. The van der Waals surface area contributed by atoms with E-state index in [0.717, 1.165) is 18.0 Å². The highest BCUT2D eigenvalue weighted by Crippen LogP contribution is 2.21. The molecular weight excluding hydrogens is 184 g/mol. The van der Waals surface area contributed by atoms with Crippen LogP contribution in [0.15, 0.2) is 0 Å². The molecule has 1 N–H and O–H groups in total. The Morgan fingerprint density at radius 2 is 2.13 bits per heavy atom. The Bertz CT molecular complexity index is 191. The Morgan fingerprint density at radius 1 is 1.27 bits per heavy atom. The fourth-order valence-corrected chi connectivity index (χ4v) is 3.09. The van der Waals surface area contributed by atoms with Crippen molar-refractivity contribution in [3.05, 3.63) is 0 Å². The lowest BCUT2D eigenvalue weighted by atomic mass is 9.99. The van der Waals surface area contributed by atoms with Crippen molar-refractivity contribution in [3.63, 3.8) is 0 Å². The van der Waals surface area contributed by atoms with Crippen LogP contribution in [0.3, 0.4) is 0 Å². The summed E-state index contributed by atoms with van der Waals surface area (Å²) < 4.78 is 0. The molecule has 0 aromatic heterocycles. The molecule has 0 spiro atoms. The molecule has 15 heavy (non-hydrogen) atoms. The molecule has 2 fully saturated rings. The van der Waals surface area contributed by atoms with Crippen LogP contribution in [0, 0.1) is 5.92 Å². The van der Waals surface area contributed by atoms with Crippen molar-refractivity contribution in [1.82, 2.24) is 10.2 Å². The largest absolute Gasteiger partial charge is 0.311 e. The van der Waals surface area contributed by atoms with E-state index >= 15 is 0 Å². The van der Waals surface area contributed by atoms with E-state index in [-0.39, 0.29) is 0 Å². The first-order valence-corrected chi connectivity index (χ1v) is 6.73. The second-order valence-electron chi connectivity index (χ2n) is 5.73. The van der Waals surface area contributed by atoms with Gasteiger partial charge in [0.05, 0.1) is 0 Å². The van der Waals surface area contributed by atoms with E-state index in [1.165, 1.54) is 51.7 Å². The molecule has 1 unspecified atom stereocenters. The third kappa shape index (κ3) is 3.18. The number of rotatable bonds is 2. The average molecular weight is 210 g/mol. The van der Waals surface area contributed by atoms with Gasteiger partial charge in [0, 0.05) is 25.2 Å². The van der Waals surface area contributed by atoms with Gasteiger partial charge in [-0.1, -0.05) is 26.7 Å². The van der Waals surface area contributed by atoms with E-state index in [0.29, 0.717) is 0 Å². The van der Waals surface area contributed by atoms with Gasteiger partial charge in [-0.25, -0.2) is 0 Å². The molecule has 2 aliphatic rings. The van der Waals surface area contributed by atoms with Gasteiger partial charge >= 0.3 is 0 Å². The summed E-state index contributed by atoms with van der Waals surface area (Å²) >= 11 is 0. The molecule has 0 amide bonds. The third-order valence-electron chi connectivity index (χ3n) is 3.85. The smallest absolute Gasteiger partial charge is 0.0221 e. The van der Waals surface area contributed by atoms with E-state index in [4.69, 9.17) is 0 Å². The summed E-state index contributed by atoms with van der Waals surface area (Å²) in [5.41, 5.74) is 0. The number of nitrogens with one attached hydrogen (secondary N) is 1. The zero-order valence-corrected chi connectivity index (χ0v) is 10.3. The Kier molecular flexibility index (Phi) is 4.04. The van der Waals surface area contributed by atoms with Gasteiger partial charge in [0.15, 0.2) is 0 Å². The molecule has 2 aliphatic heterocycles. The molecule has 2 heteroatoms. The van der Waals surface area contributed by atoms with Crippen LogP contribution >= 0.6 is 0 Å². The van der Waals surface area contributed by atoms with Crippen molar-refractivity contribution in [1.29, 1.82) is 0 Å². The lowest BCUT2D eigenvalue weighted by Gasteiger charge is -2.40. The number of piperazine rings is 1. The lowest BCUT2D eigenvalue weighted by molar-refractivity contribution is 0.125. The highest BCUT2D eigenvalue weighted by Gasteiger charge is 2.28. The SMILES string of the molecule is CC(C)C[C@@H]1CN2CCCCCC2CN1. The number of fused-ring (bicyclic) bond motifs is 1. The molecule has 88 valence electrons. The summed E-state index contributed by atoms with van der Waals surface area (Å²) in [5, 5.41) is 3.74. The first-order chi connectivity index (χ1) is 7.25. The van der Waals surface area contributed by atoms with Crippen LogP contribution in [-0.4, -0.2) is 36.6 Å². The summed E-state index contributed by atoms with van der Waals surface area (Å²) in [6, 6.07) is 1.59. The van der Waals surface area contributed by atoms with E-state index in [1.807, 2.05) is 0 Å². The fourth-order valence-electron chi connectivity index (χ4n) is 3.09. The van der Waals surface area contributed by atoms with Crippen molar-refractivity contribution in [2.75, 3.05) is 19.6 Å². The zero-order chi connectivity index (χ0) is 10.7. The van der Waals surface area contributed by atoms with Crippen molar-refractivity contribution >= 4 is 0 Å². The first-order valence-electron chi connectivity index (χ1n) is 6.73. The van der Waals surface area contributed by atoms with Gasteiger partial charge in [-0.05, 0) is 31.7 Å². The molecule has 2 rings (SSSR count). The lowest BCUT2D eigenvalue weighted by Crippen LogP contribution is -2.56. The molecule has 0 radical (unpaired) electrons. The first kappa shape index (κ1) is 11.4. The van der Waals surface area contributed by atoms with Crippen LogP contribution in [0.2, 0.25) is 0 Å². The van der Waals surface area contributed by atoms with Crippen molar-refractivity contribution in [2.24, 2.45) is 5.92 Å². The second-order valence-corrected chi connectivity index (χ2v) is 5.73. The number of hydrogen-bond acceptors (Lipinski definition) is 2. The molecule has 2 atom stereocenters. The summed E-state index contributed by atoms with van der Waals surface area (Å²) in [4.78, 5) is 2.75. The zero-order valence-electron chi connectivity index (χ0n) is 10.3. The highest BCUT2D eigenvalue weighted by atomic mass is 15.2. The summed E-state index contributed by atoms with van der Waals surface area (Å²) in [5.74, 6) is 0.825.